The smallest absolute Gasteiger partial charge is 0.385 e. The molecule has 2 N–H and O–H groups in total. The van der Waals surface area contributed by atoms with Crippen LogP contribution < -0.4 is 5.11 Å². The van der Waals surface area contributed by atoms with Gasteiger partial charge in [-0.15, -0.1) is 0 Å². The van der Waals surface area contributed by atoms with E-state index in [1.807, 2.05) is 12.4 Å². The molecule has 0 aliphatic heterocycles. The van der Waals surface area contributed by atoms with Gasteiger partial charge in [-0.2, -0.15) is 26.3 Å². The first-order chi connectivity index (χ1) is 22.3. The van der Waals surface area contributed by atoms with Crippen LogP contribution in [0.4, 0.5) is 26.3 Å². The second-order valence-corrected chi connectivity index (χ2v) is 17.4. The summed E-state index contributed by atoms with van der Waals surface area (Å²) in [5.41, 5.74) is 5.39. The van der Waals surface area contributed by atoms with E-state index < -0.39 is 18.5 Å². The van der Waals surface area contributed by atoms with Gasteiger partial charge in [0.25, 0.3) is 0 Å². The Balaban J connectivity index is 0.00000103. The van der Waals surface area contributed by atoms with Crippen molar-refractivity contribution in [1.82, 2.24) is 0 Å². The Labute approximate surface area is 310 Å². The van der Waals surface area contributed by atoms with Crippen molar-refractivity contribution in [1.29, 1.82) is 0 Å². The molecule has 51 heavy (non-hydrogen) atoms. The third-order valence-electron chi connectivity index (χ3n) is 8.73. The molecule has 0 spiro atoms. The third-order valence-corrected chi connectivity index (χ3v) is 8.73. The van der Waals surface area contributed by atoms with Gasteiger partial charge in [-0.3, -0.25) is 9.98 Å². The molecule has 2 atom stereocenters. The minimum absolute atomic E-state index is 0. The number of aliphatic imine (C=N–C) groups is 2. The van der Waals surface area contributed by atoms with Gasteiger partial charge >= 0.3 is 12.4 Å². The molecular weight excluding hydrogens is 717 g/mol. The van der Waals surface area contributed by atoms with Crippen LogP contribution in [-0.4, -0.2) is 53.2 Å². The minimum atomic E-state index is -5.74. The number of halogens is 6. The molecule has 1 fully saturated rings. The molecule has 1 aliphatic carbocycles. The fourth-order valence-electron chi connectivity index (χ4n) is 5.50. The minimum Gasteiger partial charge on any atom is -0.839 e. The van der Waals surface area contributed by atoms with Crippen molar-refractivity contribution >= 4 is 12.4 Å². The van der Waals surface area contributed by atoms with E-state index in [-0.39, 0.29) is 50.5 Å². The second kappa shape index (κ2) is 16.6. The van der Waals surface area contributed by atoms with E-state index in [1.54, 1.807) is 0 Å². The van der Waals surface area contributed by atoms with Crippen LogP contribution in [0.3, 0.4) is 0 Å². The molecule has 0 bridgehead atoms. The molecule has 0 saturated heterocycles. The number of nitrogens with zero attached hydrogens (tertiary/aromatic N) is 2. The quantitative estimate of drug-likeness (QED) is 0.240. The molecule has 12 heteroatoms. The Morgan fingerprint density at radius 2 is 0.882 bits per heavy atom. The van der Waals surface area contributed by atoms with Crippen LogP contribution in [-0.2, 0) is 38.4 Å². The number of benzene rings is 2. The number of alkyl halides is 6. The summed E-state index contributed by atoms with van der Waals surface area (Å²) >= 11 is 0. The molecule has 0 aromatic heterocycles. The summed E-state index contributed by atoms with van der Waals surface area (Å²) in [6.07, 6.45) is -8.06. The van der Waals surface area contributed by atoms with Crippen molar-refractivity contribution in [2.45, 2.75) is 161 Å². The standard InChI is InChI=1S/C36H54N2O2.C3HF6O.Co/c1-33(2,3)25-17-23(31(39)27(19-25)35(7,8)9)21-37-29-15-13-14-16-30(29)38-22-24-18-26(34(4,5)6)20-28(32(24)40)36(10,11)12;4-2(5,6)1(10)3(7,8)9;/h17-22,29-30,39-40H,13-16H2,1-12H3;1H;/q;-1;/t29-,30-;;/m1../s1. The molecule has 1 aliphatic rings. The van der Waals surface area contributed by atoms with Gasteiger partial charge in [0.15, 0.2) is 0 Å². The number of hydrogen-bond acceptors (Lipinski definition) is 5. The number of phenols is 2. The summed E-state index contributed by atoms with van der Waals surface area (Å²) in [4.78, 5) is 10.1. The van der Waals surface area contributed by atoms with Crippen molar-refractivity contribution in [2.24, 2.45) is 9.98 Å². The van der Waals surface area contributed by atoms with Gasteiger partial charge in [0.1, 0.15) is 11.5 Å². The van der Waals surface area contributed by atoms with E-state index in [1.165, 1.54) is 11.1 Å². The summed E-state index contributed by atoms with van der Waals surface area (Å²) in [6.45, 7) is 26.0. The van der Waals surface area contributed by atoms with E-state index in [4.69, 9.17) is 9.98 Å². The Bertz CT molecular complexity index is 1410. The number of hydrogen-bond donors (Lipinski definition) is 2. The average molecular weight is 773 g/mol. The molecule has 3 rings (SSSR count). The van der Waals surface area contributed by atoms with Gasteiger partial charge < -0.3 is 15.3 Å². The summed E-state index contributed by atoms with van der Waals surface area (Å²) in [5.74, 6) is 0.637. The van der Waals surface area contributed by atoms with Gasteiger partial charge in [-0.1, -0.05) is 108 Å². The van der Waals surface area contributed by atoms with Crippen LogP contribution in [0.5, 0.6) is 11.5 Å². The Kier molecular flexibility index (Phi) is 15.1. The Hall–Kier alpha value is -2.57. The van der Waals surface area contributed by atoms with E-state index in [2.05, 4.69) is 107 Å². The molecule has 2 aromatic carbocycles. The predicted molar refractivity (Wildman–Crippen MR) is 188 cm³/mol. The maximum absolute atomic E-state index is 11.2. The molecule has 291 valence electrons. The SMILES string of the molecule is CC(C)(C)c1cc(C=N[C@@H]2CCCC[C@H]2N=Cc2cc(C(C)(C)C)cc(C(C)(C)C)c2O)c(O)c(C(C)(C)C)c1.[Co].[O-]C(C(F)(F)F)C(F)(F)F. The van der Waals surface area contributed by atoms with Crippen molar-refractivity contribution in [2.75, 3.05) is 0 Å². The Morgan fingerprint density at radius 3 is 1.10 bits per heavy atom. The first kappa shape index (κ1) is 46.4. The fraction of sp³-hybridized carbons (Fsp3) is 0.641. The number of phenolic OH excluding ortho intramolecular Hbond substituents is 2. The van der Waals surface area contributed by atoms with Crippen LogP contribution in [0.15, 0.2) is 34.3 Å². The van der Waals surface area contributed by atoms with Crippen LogP contribution >= 0.6 is 0 Å². The monoisotopic (exact) mass is 772 g/mol. The topological polar surface area (TPSA) is 88.2 Å². The molecule has 1 radical (unpaired) electrons. The Morgan fingerprint density at radius 1 is 0.588 bits per heavy atom. The molecule has 0 heterocycles. The summed E-state index contributed by atoms with van der Waals surface area (Å²) < 4.78 is 65.5. The number of rotatable bonds is 4. The molecule has 5 nitrogen and oxygen atoms in total. The predicted octanol–water partition coefficient (Wildman–Crippen LogP) is 9.97. The van der Waals surface area contributed by atoms with Crippen LogP contribution in [0.25, 0.3) is 0 Å². The molecule has 0 amide bonds. The van der Waals surface area contributed by atoms with Gasteiger partial charge in [-0.25, -0.2) is 0 Å². The normalized spacial score (nSPS) is 18.2. The second-order valence-electron chi connectivity index (χ2n) is 17.4. The maximum atomic E-state index is 11.2. The summed E-state index contributed by atoms with van der Waals surface area (Å²) in [7, 11) is 0. The van der Waals surface area contributed by atoms with Crippen molar-refractivity contribution in [3.8, 4) is 11.5 Å². The molecular formula is C39H55CoF6N2O3-. The largest absolute Gasteiger partial charge is 0.839 e. The first-order valence-corrected chi connectivity index (χ1v) is 17.0. The zero-order valence-electron chi connectivity index (χ0n) is 31.8. The number of aromatic hydroxyl groups is 2. The average Bonchev–Trinajstić information content (AvgIpc) is 2.93. The summed E-state index contributed by atoms with van der Waals surface area (Å²) in [6, 6.07) is 8.53. The van der Waals surface area contributed by atoms with Gasteiger partial charge in [-0.05, 0) is 57.8 Å². The van der Waals surface area contributed by atoms with Crippen molar-refractivity contribution < 1.29 is 58.4 Å². The van der Waals surface area contributed by atoms with Gasteiger partial charge in [0.2, 0.25) is 0 Å². The van der Waals surface area contributed by atoms with Crippen LogP contribution in [0.1, 0.15) is 142 Å². The zero-order valence-corrected chi connectivity index (χ0v) is 32.9. The third kappa shape index (κ3) is 13.1. The summed E-state index contributed by atoms with van der Waals surface area (Å²) in [5, 5.41) is 31.8. The zero-order chi connectivity index (χ0) is 38.8. The van der Waals surface area contributed by atoms with E-state index in [0.29, 0.717) is 11.5 Å². The van der Waals surface area contributed by atoms with E-state index in [0.717, 1.165) is 47.9 Å². The molecule has 1 saturated carbocycles. The van der Waals surface area contributed by atoms with Gasteiger partial charge in [0.05, 0.1) is 18.2 Å². The maximum Gasteiger partial charge on any atom is 0.385 e. The van der Waals surface area contributed by atoms with E-state index in [9.17, 15) is 41.7 Å². The van der Waals surface area contributed by atoms with E-state index >= 15 is 0 Å². The van der Waals surface area contributed by atoms with Crippen molar-refractivity contribution in [3.63, 3.8) is 0 Å². The van der Waals surface area contributed by atoms with Gasteiger partial charge in [0, 0.05) is 51.5 Å². The molecule has 2 aromatic rings. The van der Waals surface area contributed by atoms with Crippen molar-refractivity contribution in [3.05, 3.63) is 57.6 Å². The first-order valence-electron chi connectivity index (χ1n) is 17.0. The van der Waals surface area contributed by atoms with Crippen LogP contribution in [0, 0.1) is 0 Å². The van der Waals surface area contributed by atoms with Crippen LogP contribution in [0.2, 0.25) is 0 Å². The fourth-order valence-corrected chi connectivity index (χ4v) is 5.50. The molecule has 0 unspecified atom stereocenters.